The van der Waals surface area contributed by atoms with Gasteiger partial charge in [-0.25, -0.2) is 0 Å². The lowest BCUT2D eigenvalue weighted by atomic mass is 9.48. The molecule has 2 unspecified atom stereocenters. The van der Waals surface area contributed by atoms with Gasteiger partial charge in [-0.05, 0) is 55.4 Å². The Bertz CT molecular complexity index is 755. The molecule has 1 aromatic carbocycles. The van der Waals surface area contributed by atoms with Crippen LogP contribution in [0.3, 0.4) is 0 Å². The summed E-state index contributed by atoms with van der Waals surface area (Å²) in [5, 5.41) is 21.5. The van der Waals surface area contributed by atoms with E-state index in [0.717, 1.165) is 24.8 Å². The lowest BCUT2D eigenvalue weighted by molar-refractivity contribution is -0.166. The van der Waals surface area contributed by atoms with Gasteiger partial charge in [-0.1, -0.05) is 30.3 Å². The van der Waals surface area contributed by atoms with Crippen LogP contribution in [0.5, 0.6) is 0 Å². The maximum absolute atomic E-state index is 11.8. The van der Waals surface area contributed by atoms with Crippen LogP contribution in [0.4, 0.5) is 0 Å². The Balaban J connectivity index is 1.44. The summed E-state index contributed by atoms with van der Waals surface area (Å²) in [5.74, 6) is 1.04. The zero-order valence-corrected chi connectivity index (χ0v) is 15.3. The lowest BCUT2D eigenvalue weighted by Crippen LogP contribution is -2.56. The van der Waals surface area contributed by atoms with Crippen molar-refractivity contribution in [1.82, 2.24) is 5.32 Å². The summed E-state index contributed by atoms with van der Waals surface area (Å²) in [4.78, 5) is 16.7. The minimum Gasteiger partial charge on any atom is -0.481 e. The minimum absolute atomic E-state index is 0.102. The van der Waals surface area contributed by atoms with Gasteiger partial charge in [-0.3, -0.25) is 15.1 Å². The molecule has 4 aliphatic rings. The quantitative estimate of drug-likeness (QED) is 0.349. The number of nitrogens with zero attached hydrogens (tertiary/aromatic N) is 2. The van der Waals surface area contributed by atoms with Crippen molar-refractivity contribution in [3.05, 3.63) is 35.9 Å². The van der Waals surface area contributed by atoms with Crippen LogP contribution in [0.1, 0.15) is 37.7 Å². The fourth-order valence-corrected chi connectivity index (χ4v) is 5.66. The van der Waals surface area contributed by atoms with Crippen LogP contribution in [0, 0.1) is 34.6 Å². The Morgan fingerprint density at radius 1 is 1.26 bits per heavy atom. The number of amidine groups is 1. The van der Waals surface area contributed by atoms with Gasteiger partial charge in [0, 0.05) is 0 Å². The van der Waals surface area contributed by atoms with Crippen molar-refractivity contribution in [3.63, 3.8) is 0 Å². The molecule has 27 heavy (non-hydrogen) atoms. The van der Waals surface area contributed by atoms with Crippen LogP contribution >= 0.6 is 0 Å². The zero-order chi connectivity index (χ0) is 18.9. The van der Waals surface area contributed by atoms with E-state index in [9.17, 15) is 9.90 Å². The van der Waals surface area contributed by atoms with E-state index >= 15 is 0 Å². The van der Waals surface area contributed by atoms with Gasteiger partial charge in [0.25, 0.3) is 0 Å². The molecule has 4 bridgehead atoms. The van der Waals surface area contributed by atoms with Crippen molar-refractivity contribution in [2.75, 3.05) is 6.61 Å². The number of aliphatic imine (C=N–C) groups is 1. The molecule has 0 heterocycles. The highest BCUT2D eigenvalue weighted by molar-refractivity contribution is 5.85. The molecule has 0 spiro atoms. The van der Waals surface area contributed by atoms with Crippen molar-refractivity contribution in [1.29, 1.82) is 5.26 Å². The number of carboxylic acid groups (broad SMARTS) is 1. The predicted octanol–water partition coefficient (Wildman–Crippen LogP) is 2.95. The Morgan fingerprint density at radius 2 is 1.96 bits per heavy atom. The highest BCUT2D eigenvalue weighted by Gasteiger charge is 2.58. The minimum atomic E-state index is -0.633. The number of nitrogens with one attached hydrogen (secondary N) is 1. The van der Waals surface area contributed by atoms with Gasteiger partial charge in [0.05, 0.1) is 18.1 Å². The van der Waals surface area contributed by atoms with E-state index in [0.29, 0.717) is 43.0 Å². The van der Waals surface area contributed by atoms with E-state index < -0.39 is 11.4 Å². The topological polar surface area (TPSA) is 94.7 Å². The molecule has 0 aliphatic heterocycles. The number of nitriles is 1. The van der Waals surface area contributed by atoms with Crippen molar-refractivity contribution in [2.24, 2.45) is 28.2 Å². The summed E-state index contributed by atoms with van der Waals surface area (Å²) in [6.07, 6.45) is 6.34. The Hall–Kier alpha value is -2.39. The van der Waals surface area contributed by atoms with E-state index in [2.05, 4.69) is 5.32 Å². The molecule has 2 N–H and O–H groups in total. The Labute approximate surface area is 159 Å². The van der Waals surface area contributed by atoms with Crippen LogP contribution in [0.15, 0.2) is 35.3 Å². The summed E-state index contributed by atoms with van der Waals surface area (Å²) in [6.45, 7) is 0.723. The molecule has 4 aliphatic carbocycles. The number of rotatable bonds is 6. The fraction of sp³-hybridized carbons (Fsp3) is 0.571. The average molecular weight is 367 g/mol. The number of ether oxygens (including phenoxy) is 1. The third-order valence-electron chi connectivity index (χ3n) is 6.53. The van der Waals surface area contributed by atoms with Crippen molar-refractivity contribution in [3.8, 4) is 6.19 Å². The smallest absolute Gasteiger partial charge is 0.309 e. The van der Waals surface area contributed by atoms with Gasteiger partial charge in [0.15, 0.2) is 6.19 Å². The molecular formula is C21H25N3O3. The van der Waals surface area contributed by atoms with Gasteiger partial charge in [0.1, 0.15) is 12.4 Å². The van der Waals surface area contributed by atoms with Gasteiger partial charge in [-0.15, -0.1) is 0 Å². The molecule has 5 rings (SSSR count). The molecule has 6 nitrogen and oxygen atoms in total. The normalized spacial score (nSPS) is 34.3. The van der Waals surface area contributed by atoms with Crippen LogP contribution < -0.4 is 5.32 Å². The second kappa shape index (κ2) is 7.32. The maximum Gasteiger partial charge on any atom is 0.309 e. The van der Waals surface area contributed by atoms with Crippen LogP contribution in [-0.4, -0.2) is 29.6 Å². The summed E-state index contributed by atoms with van der Waals surface area (Å²) in [5.41, 5.74) is 0.543. The van der Waals surface area contributed by atoms with Crippen molar-refractivity contribution in [2.45, 2.75) is 44.8 Å². The first kappa shape index (κ1) is 18.0. The summed E-state index contributed by atoms with van der Waals surface area (Å²) >= 11 is 0. The number of carboxylic acids is 1. The van der Waals surface area contributed by atoms with E-state index in [1.165, 1.54) is 0 Å². The molecule has 0 saturated heterocycles. The monoisotopic (exact) mass is 367 g/mol. The first-order valence-electron chi connectivity index (χ1n) is 9.66. The molecule has 0 radical (unpaired) electrons. The number of carbonyl (C=O) groups is 1. The van der Waals surface area contributed by atoms with Gasteiger partial charge < -0.3 is 9.84 Å². The van der Waals surface area contributed by atoms with Crippen LogP contribution in [-0.2, 0) is 16.1 Å². The predicted molar refractivity (Wildman–Crippen MR) is 99.7 cm³/mol. The van der Waals surface area contributed by atoms with Crippen molar-refractivity contribution >= 4 is 11.8 Å². The van der Waals surface area contributed by atoms with E-state index in [1.54, 1.807) is 0 Å². The van der Waals surface area contributed by atoms with Gasteiger partial charge in [-0.2, -0.15) is 5.26 Å². The first-order valence-corrected chi connectivity index (χ1v) is 9.66. The maximum atomic E-state index is 11.8. The summed E-state index contributed by atoms with van der Waals surface area (Å²) in [6, 6.07) is 9.99. The zero-order valence-electron chi connectivity index (χ0n) is 15.3. The molecule has 0 amide bonds. The fourth-order valence-electron chi connectivity index (χ4n) is 5.66. The number of benzene rings is 1. The largest absolute Gasteiger partial charge is 0.481 e. The molecule has 1 aromatic rings. The standard InChI is InChI=1S/C21H25N3O3/c22-13-23-18(12-27-11-14-4-2-1-3-5-14)24-19-16-6-15-7-17(19)10-21(8-15,9-16)20(25)26/h1-5,15-17,19H,6-12H2,(H,23,24)(H,25,26). The third-order valence-corrected chi connectivity index (χ3v) is 6.53. The molecule has 0 aromatic heterocycles. The third kappa shape index (κ3) is 3.57. The van der Waals surface area contributed by atoms with E-state index in [-0.39, 0.29) is 12.6 Å². The molecule has 4 saturated carbocycles. The highest BCUT2D eigenvalue weighted by Crippen LogP contribution is 2.60. The lowest BCUT2D eigenvalue weighted by Gasteiger charge is -2.57. The van der Waals surface area contributed by atoms with Crippen LogP contribution in [0.2, 0.25) is 0 Å². The number of hydrogen-bond donors (Lipinski definition) is 2. The van der Waals surface area contributed by atoms with E-state index in [1.807, 2.05) is 36.5 Å². The number of hydrogen-bond acceptors (Lipinski definition) is 4. The summed E-state index contributed by atoms with van der Waals surface area (Å²) < 4.78 is 5.75. The molecule has 142 valence electrons. The van der Waals surface area contributed by atoms with Gasteiger partial charge in [0.2, 0.25) is 0 Å². The molecule has 2 atom stereocenters. The van der Waals surface area contributed by atoms with Gasteiger partial charge >= 0.3 is 5.97 Å². The second-order valence-electron chi connectivity index (χ2n) is 8.34. The average Bonchev–Trinajstić information content (AvgIpc) is 2.65. The number of aliphatic carboxylic acids is 1. The molecular weight excluding hydrogens is 342 g/mol. The van der Waals surface area contributed by atoms with E-state index in [4.69, 9.17) is 15.0 Å². The van der Waals surface area contributed by atoms with Crippen LogP contribution in [0.25, 0.3) is 0 Å². The Morgan fingerprint density at radius 3 is 2.59 bits per heavy atom. The molecule has 4 fully saturated rings. The Kier molecular flexibility index (Phi) is 4.88. The second-order valence-corrected chi connectivity index (χ2v) is 8.34. The molecule has 6 heteroatoms. The van der Waals surface area contributed by atoms with Crippen molar-refractivity contribution < 1.29 is 14.6 Å². The SMILES string of the molecule is N#CNC(COCc1ccccc1)=NC1C2CC3CC1CC(C(=O)O)(C3)C2. The highest BCUT2D eigenvalue weighted by atomic mass is 16.5. The summed E-state index contributed by atoms with van der Waals surface area (Å²) in [7, 11) is 0. The first-order chi connectivity index (χ1) is 13.1.